The van der Waals surface area contributed by atoms with Crippen LogP contribution in [0, 0.1) is 0 Å². The summed E-state index contributed by atoms with van der Waals surface area (Å²) in [6, 6.07) is 43.0. The SMILES string of the molecule is [2H]c1c([2H])c([2H])c(N(c2ccc(Oc3ccccc3)cc2)c2ccc(-c3ccc(N(c4ccc(Oc5ccccc5)cc4)c4c([2H])c([2H])c([2H])c([2H])c4[2H])cc3)cc2)c([2H])c1[2H]. The molecular formula is C48H36N2O2. The van der Waals surface area contributed by atoms with Crippen LogP contribution in [0.4, 0.5) is 34.1 Å². The van der Waals surface area contributed by atoms with Gasteiger partial charge in [0.15, 0.2) is 0 Å². The number of ether oxygens (including phenoxy) is 2. The monoisotopic (exact) mass is 682 g/mol. The van der Waals surface area contributed by atoms with Gasteiger partial charge in [0.25, 0.3) is 0 Å². The first-order valence-electron chi connectivity index (χ1n) is 21.5. The standard InChI is InChI=1S/C48H36N2O2/c1-5-13-39(14-6-1)49(43-29-33-47(34-30-43)51-45-17-9-3-10-18-45)41-25-21-37(22-26-41)38-23-27-42(28-24-38)50(40-15-7-2-8-16-40)44-31-35-48(36-32-44)52-46-19-11-4-12-20-46/h1-36H/i1D,2D,5D,6D,7D,8D,13D,14D,15D,16D. The van der Waals surface area contributed by atoms with Crippen molar-refractivity contribution in [3.8, 4) is 34.1 Å². The predicted molar refractivity (Wildman–Crippen MR) is 214 cm³/mol. The predicted octanol–water partition coefficient (Wildman–Crippen LogP) is 13.9. The molecule has 0 aromatic heterocycles. The van der Waals surface area contributed by atoms with Gasteiger partial charge in [-0.3, -0.25) is 0 Å². The number of anilines is 6. The molecule has 0 saturated carbocycles. The molecule has 0 heterocycles. The Morgan fingerprint density at radius 2 is 0.577 bits per heavy atom. The number of hydrogen-bond donors (Lipinski definition) is 0. The lowest BCUT2D eigenvalue weighted by Crippen LogP contribution is -2.10. The number of para-hydroxylation sites is 4. The van der Waals surface area contributed by atoms with Crippen LogP contribution in [0.15, 0.2) is 218 Å². The summed E-state index contributed by atoms with van der Waals surface area (Å²) in [6.45, 7) is 0. The highest BCUT2D eigenvalue weighted by molar-refractivity contribution is 5.81. The van der Waals surface area contributed by atoms with E-state index in [0.717, 1.165) is 11.1 Å². The van der Waals surface area contributed by atoms with E-state index in [4.69, 9.17) is 23.2 Å². The molecule has 0 unspecified atom stereocenters. The third-order valence-corrected chi connectivity index (χ3v) is 8.15. The van der Waals surface area contributed by atoms with Crippen molar-refractivity contribution in [2.75, 3.05) is 9.80 Å². The highest BCUT2D eigenvalue weighted by Crippen LogP contribution is 2.39. The van der Waals surface area contributed by atoms with Crippen LogP contribution < -0.4 is 19.3 Å². The van der Waals surface area contributed by atoms with Gasteiger partial charge in [0.2, 0.25) is 0 Å². The molecule has 0 radical (unpaired) electrons. The third kappa shape index (κ3) is 7.42. The highest BCUT2D eigenvalue weighted by Gasteiger charge is 2.15. The fourth-order valence-corrected chi connectivity index (χ4v) is 5.71. The van der Waals surface area contributed by atoms with Crippen LogP contribution >= 0.6 is 0 Å². The zero-order valence-corrected chi connectivity index (χ0v) is 27.7. The second-order valence-electron chi connectivity index (χ2n) is 11.5. The molecule has 0 aliphatic rings. The molecular weight excluding hydrogens is 637 g/mol. The summed E-state index contributed by atoms with van der Waals surface area (Å²) in [4.78, 5) is 3.24. The highest BCUT2D eigenvalue weighted by atomic mass is 16.5. The van der Waals surface area contributed by atoms with Crippen molar-refractivity contribution < 1.29 is 23.2 Å². The molecule has 0 fully saturated rings. The second-order valence-corrected chi connectivity index (χ2v) is 11.5. The van der Waals surface area contributed by atoms with Gasteiger partial charge in [-0.05, 0) is 132 Å². The molecule has 8 rings (SSSR count). The van der Waals surface area contributed by atoms with Gasteiger partial charge in [-0.25, -0.2) is 0 Å². The van der Waals surface area contributed by atoms with Crippen molar-refractivity contribution in [1.82, 2.24) is 0 Å². The first-order valence-corrected chi connectivity index (χ1v) is 16.5. The number of hydrogen-bond acceptors (Lipinski definition) is 4. The Morgan fingerprint density at radius 3 is 0.904 bits per heavy atom. The minimum atomic E-state index is -0.492. The van der Waals surface area contributed by atoms with Gasteiger partial charge in [0.05, 0.1) is 13.7 Å². The summed E-state index contributed by atoms with van der Waals surface area (Å²) in [7, 11) is 0. The van der Waals surface area contributed by atoms with E-state index in [0.29, 0.717) is 45.7 Å². The van der Waals surface area contributed by atoms with Crippen molar-refractivity contribution in [2.45, 2.75) is 0 Å². The van der Waals surface area contributed by atoms with Crippen LogP contribution in [0.2, 0.25) is 0 Å². The first kappa shape index (κ1) is 22.6. The maximum atomic E-state index is 8.82. The zero-order chi connectivity index (χ0) is 43.7. The summed E-state index contributed by atoms with van der Waals surface area (Å²) >= 11 is 0. The maximum absolute atomic E-state index is 8.82. The minimum absolute atomic E-state index is 0.0165. The van der Waals surface area contributed by atoms with E-state index in [1.54, 1.807) is 82.6 Å². The topological polar surface area (TPSA) is 24.9 Å². The molecule has 8 aromatic rings. The van der Waals surface area contributed by atoms with Crippen molar-refractivity contribution in [2.24, 2.45) is 0 Å². The van der Waals surface area contributed by atoms with Crippen LogP contribution in [0.5, 0.6) is 23.0 Å². The zero-order valence-electron chi connectivity index (χ0n) is 37.7. The lowest BCUT2D eigenvalue weighted by atomic mass is 10.0. The van der Waals surface area contributed by atoms with Gasteiger partial charge in [-0.15, -0.1) is 0 Å². The Hall–Kier alpha value is -7.04. The lowest BCUT2D eigenvalue weighted by Gasteiger charge is -2.26. The average Bonchev–Trinajstić information content (AvgIpc) is 3.31. The Balaban J connectivity index is 1.15. The van der Waals surface area contributed by atoms with Gasteiger partial charge in [-0.2, -0.15) is 0 Å². The van der Waals surface area contributed by atoms with Crippen molar-refractivity contribution in [1.29, 1.82) is 0 Å². The van der Waals surface area contributed by atoms with E-state index in [1.165, 1.54) is 0 Å². The van der Waals surface area contributed by atoms with Gasteiger partial charge in [-0.1, -0.05) is 96.9 Å². The van der Waals surface area contributed by atoms with Crippen molar-refractivity contribution in [3.63, 3.8) is 0 Å². The largest absolute Gasteiger partial charge is 0.457 e. The van der Waals surface area contributed by atoms with Crippen LogP contribution in [-0.4, -0.2) is 0 Å². The van der Waals surface area contributed by atoms with E-state index in [2.05, 4.69) is 0 Å². The fourth-order valence-electron chi connectivity index (χ4n) is 5.71. The molecule has 52 heavy (non-hydrogen) atoms. The third-order valence-electron chi connectivity index (χ3n) is 8.15. The molecule has 0 spiro atoms. The molecule has 8 aromatic carbocycles. The van der Waals surface area contributed by atoms with E-state index in [1.807, 2.05) is 84.9 Å². The number of benzene rings is 8. The molecule has 0 bridgehead atoms. The van der Waals surface area contributed by atoms with Crippen LogP contribution in [0.1, 0.15) is 13.7 Å². The van der Waals surface area contributed by atoms with E-state index in [9.17, 15) is 0 Å². The lowest BCUT2D eigenvalue weighted by molar-refractivity contribution is 0.482. The molecule has 0 aliphatic carbocycles. The smallest absolute Gasteiger partial charge is 0.127 e. The molecule has 0 atom stereocenters. The molecule has 250 valence electrons. The summed E-state index contributed by atoms with van der Waals surface area (Å²) in [5.74, 6) is 2.41. The van der Waals surface area contributed by atoms with Gasteiger partial charge in [0.1, 0.15) is 23.0 Å². The number of rotatable bonds is 11. The number of nitrogens with zero attached hydrogens (tertiary/aromatic N) is 2. The minimum Gasteiger partial charge on any atom is -0.457 e. The molecule has 0 N–H and O–H groups in total. The van der Waals surface area contributed by atoms with Crippen LogP contribution in [0.3, 0.4) is 0 Å². The van der Waals surface area contributed by atoms with Crippen LogP contribution in [-0.2, 0) is 0 Å². The van der Waals surface area contributed by atoms with Gasteiger partial charge >= 0.3 is 0 Å². The summed E-state index contributed by atoms with van der Waals surface area (Å²) < 4.78 is 97.3. The van der Waals surface area contributed by atoms with Crippen molar-refractivity contribution >= 4 is 34.1 Å². The quantitative estimate of drug-likeness (QED) is 0.136. The first-order chi connectivity index (χ1) is 29.9. The Morgan fingerprint density at radius 1 is 0.288 bits per heavy atom. The Labute approximate surface area is 319 Å². The molecule has 4 heteroatoms. The Kier molecular flexibility index (Phi) is 6.63. The summed E-state index contributed by atoms with van der Waals surface area (Å²) in [5.41, 5.74) is 3.70. The Bertz CT molecular complexity index is 2630. The summed E-state index contributed by atoms with van der Waals surface area (Å²) in [5, 5.41) is 0. The van der Waals surface area contributed by atoms with Crippen LogP contribution in [0.25, 0.3) is 11.1 Å². The normalized spacial score (nSPS) is 13.4. The summed E-state index contributed by atoms with van der Waals surface area (Å²) in [6.07, 6.45) is 0. The van der Waals surface area contributed by atoms with Gasteiger partial charge in [0, 0.05) is 34.1 Å². The second kappa shape index (κ2) is 15.2. The van der Waals surface area contributed by atoms with Gasteiger partial charge < -0.3 is 19.3 Å². The van der Waals surface area contributed by atoms with Crippen molar-refractivity contribution in [3.05, 3.63) is 218 Å². The fraction of sp³-hybridized carbons (Fsp3) is 0. The average molecular weight is 683 g/mol. The molecule has 0 aliphatic heterocycles. The van der Waals surface area contributed by atoms with E-state index < -0.39 is 36.3 Å². The molecule has 0 amide bonds. The maximum Gasteiger partial charge on any atom is 0.127 e. The molecule has 0 saturated heterocycles. The van der Waals surface area contributed by atoms with E-state index >= 15 is 0 Å². The van der Waals surface area contributed by atoms with E-state index in [-0.39, 0.29) is 35.5 Å². The molecule has 4 nitrogen and oxygen atoms in total.